The molecule has 0 saturated carbocycles. The molecule has 0 amide bonds. The molecule has 4 heteroatoms. The summed E-state index contributed by atoms with van der Waals surface area (Å²) < 4.78 is 3.51. The van der Waals surface area contributed by atoms with Gasteiger partial charge in [-0.3, -0.25) is 0 Å². The van der Waals surface area contributed by atoms with Crippen molar-refractivity contribution in [2.75, 3.05) is 0 Å². The molecule has 0 fully saturated rings. The molecule has 44 heavy (non-hydrogen) atoms. The molecule has 2 aromatic rings. The molecular weight excluding hydrogens is 782 g/mol. The first-order chi connectivity index (χ1) is 21.1. The molecule has 0 N–H and O–H groups in total. The second kappa shape index (κ2) is 23.2. The molecule has 0 bridgehead atoms. The Balaban J connectivity index is 1.96. The van der Waals surface area contributed by atoms with Crippen LogP contribution in [0.4, 0.5) is 0 Å². The summed E-state index contributed by atoms with van der Waals surface area (Å²) in [5, 5.41) is 0. The Morgan fingerprint density at radius 1 is 0.432 bits per heavy atom. The van der Waals surface area contributed by atoms with Crippen LogP contribution in [-0.4, -0.2) is 36.8 Å². The molecule has 0 atom stereocenters. The van der Waals surface area contributed by atoms with E-state index in [1.165, 1.54) is 141 Å². The average Bonchev–Trinajstić information content (AvgIpc) is 3.58. The standard InChI is InChI=1S/C34H54S2.6CH3.2Sn/c1-3-5-7-9-11-13-15-17-19-21-23-31-27-29-35-33(31)25-26-34-32(28-30-36-34)24-22-20-18-16-14-12-10-8-6-4-2;;;;;;;;/h25-28H,3-24H2,1-2H3;6*1H3;;/b26-25+;;;;;;;;. The van der Waals surface area contributed by atoms with Gasteiger partial charge >= 0.3 is 256 Å². The second-order valence-electron chi connectivity index (χ2n) is 15.7. The van der Waals surface area contributed by atoms with Crippen LogP contribution in [0, 0.1) is 0 Å². The number of rotatable bonds is 26. The van der Waals surface area contributed by atoms with E-state index in [1.807, 2.05) is 0 Å². The summed E-state index contributed by atoms with van der Waals surface area (Å²) in [6.45, 7) is 4.62. The summed E-state index contributed by atoms with van der Waals surface area (Å²) >= 11 is 0.106. The number of hydrogen-bond acceptors (Lipinski definition) is 2. The molecule has 2 heterocycles. The quantitative estimate of drug-likeness (QED) is 0.0653. The van der Waals surface area contributed by atoms with Crippen molar-refractivity contribution in [3.05, 3.63) is 33.0 Å². The second-order valence-corrected chi connectivity index (χ2v) is 48.7. The zero-order chi connectivity index (χ0) is 32.3. The van der Waals surface area contributed by atoms with Gasteiger partial charge < -0.3 is 0 Å². The minimum absolute atomic E-state index is 1.27. The van der Waals surface area contributed by atoms with Gasteiger partial charge in [-0.15, -0.1) is 0 Å². The van der Waals surface area contributed by atoms with Gasteiger partial charge in [0.2, 0.25) is 0 Å². The van der Waals surface area contributed by atoms with Gasteiger partial charge in [-0.05, 0) is 0 Å². The Labute approximate surface area is 292 Å². The first kappa shape index (κ1) is 40.9. The molecule has 0 aromatic carbocycles. The van der Waals surface area contributed by atoms with E-state index in [-0.39, 0.29) is 0 Å². The van der Waals surface area contributed by atoms with Crippen LogP contribution in [0.25, 0.3) is 12.2 Å². The van der Waals surface area contributed by atoms with E-state index in [2.05, 4.69) is 90.4 Å². The van der Waals surface area contributed by atoms with Gasteiger partial charge in [-0.2, -0.15) is 0 Å². The van der Waals surface area contributed by atoms with Gasteiger partial charge in [0.15, 0.2) is 0 Å². The number of hydrogen-bond donors (Lipinski definition) is 0. The number of unbranched alkanes of at least 4 members (excludes halogenated alkanes) is 18. The molecule has 0 nitrogen and oxygen atoms in total. The van der Waals surface area contributed by atoms with Crippen molar-refractivity contribution < 1.29 is 0 Å². The van der Waals surface area contributed by atoms with E-state index in [9.17, 15) is 0 Å². The van der Waals surface area contributed by atoms with Gasteiger partial charge in [0, 0.05) is 0 Å². The van der Waals surface area contributed by atoms with E-state index in [1.54, 1.807) is 26.7 Å². The third kappa shape index (κ3) is 17.2. The minimum atomic E-state index is -2.09. The van der Waals surface area contributed by atoms with Crippen molar-refractivity contribution in [2.45, 2.75) is 185 Å². The van der Waals surface area contributed by atoms with Gasteiger partial charge in [0.25, 0.3) is 0 Å². The fraction of sp³-hybridized carbons (Fsp3) is 0.750. The summed E-state index contributed by atoms with van der Waals surface area (Å²) in [7, 11) is 0. The summed E-state index contributed by atoms with van der Waals surface area (Å²) in [5.41, 5.74) is 3.30. The van der Waals surface area contributed by atoms with Crippen LogP contribution in [-0.2, 0) is 12.8 Å². The van der Waals surface area contributed by atoms with E-state index >= 15 is 0 Å². The van der Waals surface area contributed by atoms with Crippen molar-refractivity contribution in [3.8, 4) is 0 Å². The van der Waals surface area contributed by atoms with Gasteiger partial charge in [-0.1, -0.05) is 39.5 Å². The van der Waals surface area contributed by atoms with Crippen LogP contribution in [0.1, 0.15) is 163 Å². The van der Waals surface area contributed by atoms with Crippen molar-refractivity contribution in [3.63, 3.8) is 0 Å². The third-order valence-corrected chi connectivity index (χ3v) is 30.3. The smallest absolute Gasteiger partial charge is 0.0654 e. The monoisotopic (exact) mass is 856 g/mol. The van der Waals surface area contributed by atoms with Crippen LogP contribution >= 0.6 is 22.7 Å². The molecule has 2 aromatic heterocycles. The van der Waals surface area contributed by atoms with Crippen molar-refractivity contribution in [1.82, 2.24) is 0 Å². The van der Waals surface area contributed by atoms with Crippen LogP contribution in [0.5, 0.6) is 0 Å². The Hall–Kier alpha value is 0.737. The number of aryl methyl sites for hydroxylation is 2. The van der Waals surface area contributed by atoms with E-state index < -0.39 is 36.8 Å². The zero-order valence-electron chi connectivity index (χ0n) is 30.7. The first-order valence-corrected chi connectivity index (χ1v) is 40.6. The zero-order valence-corrected chi connectivity index (χ0v) is 38.0. The van der Waals surface area contributed by atoms with E-state index in [0.29, 0.717) is 0 Å². The predicted molar refractivity (Wildman–Crippen MR) is 215 cm³/mol. The fourth-order valence-corrected chi connectivity index (χ4v) is 19.0. The van der Waals surface area contributed by atoms with Crippen LogP contribution in [0.3, 0.4) is 0 Å². The minimum Gasteiger partial charge on any atom is -0.0654 e. The fourth-order valence-electron chi connectivity index (χ4n) is 6.05. The predicted octanol–water partition coefficient (Wildman–Crippen LogP) is 14.0. The Morgan fingerprint density at radius 2 is 0.705 bits per heavy atom. The topological polar surface area (TPSA) is 0 Å². The maximum absolute atomic E-state index is 2.64. The molecule has 0 aliphatic carbocycles. The Bertz CT molecular complexity index is 949. The van der Waals surface area contributed by atoms with Crippen molar-refractivity contribution >= 4 is 77.4 Å². The van der Waals surface area contributed by atoms with Crippen LogP contribution in [0.15, 0.2) is 12.1 Å². The summed E-state index contributed by atoms with van der Waals surface area (Å²) in [5.74, 6) is 0. The first-order valence-electron chi connectivity index (χ1n) is 19.0. The molecule has 0 aliphatic rings. The molecular formula is C40H72S2Sn2. The Kier molecular flexibility index (Phi) is 21.5. The summed E-state index contributed by atoms with van der Waals surface area (Å²) in [4.78, 5) is 18.7. The molecule has 0 radical (unpaired) electrons. The van der Waals surface area contributed by atoms with Gasteiger partial charge in [-0.25, -0.2) is 0 Å². The molecule has 0 aliphatic heterocycles. The van der Waals surface area contributed by atoms with Crippen LogP contribution < -0.4 is 5.79 Å². The van der Waals surface area contributed by atoms with Crippen molar-refractivity contribution in [1.29, 1.82) is 0 Å². The van der Waals surface area contributed by atoms with E-state index in [0.717, 1.165) is 0 Å². The van der Waals surface area contributed by atoms with Crippen molar-refractivity contribution in [2.24, 2.45) is 0 Å². The maximum atomic E-state index is 2.64. The summed E-state index contributed by atoms with van der Waals surface area (Å²) in [6, 6.07) is 5.29. The van der Waals surface area contributed by atoms with Gasteiger partial charge in [0.05, 0.1) is 0 Å². The van der Waals surface area contributed by atoms with E-state index in [4.69, 9.17) is 0 Å². The molecule has 2 rings (SSSR count). The number of thiophene rings is 2. The SMILES string of the molecule is CCCCCCCCCCCCc1c[c]([Sn]([CH3])([CH3])[CH3])sc1/C=C/c1s[c]([Sn]([CH3])([CH3])[CH3])cc1CCCCCCCCCCCC. The molecule has 0 spiro atoms. The van der Waals surface area contributed by atoms with Crippen LogP contribution in [0.2, 0.25) is 29.6 Å². The Morgan fingerprint density at radius 3 is 0.977 bits per heavy atom. The molecule has 0 unspecified atom stereocenters. The third-order valence-electron chi connectivity index (χ3n) is 9.15. The normalized spacial score (nSPS) is 12.6. The average molecular weight is 855 g/mol. The van der Waals surface area contributed by atoms with Gasteiger partial charge in [0.1, 0.15) is 0 Å². The molecule has 0 saturated heterocycles. The summed E-state index contributed by atoms with van der Waals surface area (Å²) in [6.07, 6.45) is 36.0. The molecule has 252 valence electrons.